The third-order valence-electron chi connectivity index (χ3n) is 6.44. The second-order valence-electron chi connectivity index (χ2n) is 8.44. The highest BCUT2D eigenvalue weighted by Crippen LogP contribution is 2.46. The lowest BCUT2D eigenvalue weighted by Crippen LogP contribution is -2.45. The lowest BCUT2D eigenvalue weighted by atomic mass is 9.72. The Labute approximate surface area is 206 Å². The van der Waals surface area contributed by atoms with E-state index in [0.717, 1.165) is 35.5 Å². The molecule has 1 aliphatic heterocycles. The van der Waals surface area contributed by atoms with Crippen molar-refractivity contribution in [1.82, 2.24) is 4.90 Å². The van der Waals surface area contributed by atoms with Gasteiger partial charge >= 0.3 is 0 Å². The number of para-hydroxylation sites is 1. The topological polar surface area (TPSA) is 51.2 Å². The smallest absolute Gasteiger partial charge is 0.126 e. The number of nitrogens with zero attached hydrogens (tertiary/aromatic N) is 1. The molecule has 0 aromatic heterocycles. The van der Waals surface area contributed by atoms with Gasteiger partial charge < -0.3 is 19.3 Å². The van der Waals surface area contributed by atoms with Crippen molar-refractivity contribution in [3.05, 3.63) is 94.5 Å². The van der Waals surface area contributed by atoms with Crippen molar-refractivity contribution in [2.45, 2.75) is 18.4 Å². The van der Waals surface area contributed by atoms with Crippen molar-refractivity contribution in [3.8, 4) is 11.5 Å². The number of rotatable bonds is 9. The van der Waals surface area contributed by atoms with E-state index in [1.54, 1.807) is 7.11 Å². The maximum absolute atomic E-state index is 12.8. The Bertz CT molecular complexity index is 1050. The van der Waals surface area contributed by atoms with Gasteiger partial charge in [-0.3, -0.25) is 4.90 Å². The summed E-state index contributed by atoms with van der Waals surface area (Å²) in [6.07, 6.45) is 0. The molecule has 1 N–H and O–H groups in total. The maximum Gasteiger partial charge on any atom is 0.126 e. The molecule has 3 aromatic carbocycles. The normalized spacial score (nSPS) is 17.1. The second kappa shape index (κ2) is 11.2. The van der Waals surface area contributed by atoms with Gasteiger partial charge in [-0.05, 0) is 48.4 Å². The van der Waals surface area contributed by atoms with Crippen LogP contribution < -0.4 is 9.47 Å². The SMILES string of the molecule is CCOc1ccc([C@](O)(c2ccccc2OC)[C@H](CN2CCOCC2)c2ccc(Cl)cc2)cc1. The zero-order chi connectivity index (χ0) is 24.0. The summed E-state index contributed by atoms with van der Waals surface area (Å²) in [4.78, 5) is 2.34. The van der Waals surface area contributed by atoms with Crippen LogP contribution in [0.4, 0.5) is 0 Å². The van der Waals surface area contributed by atoms with E-state index < -0.39 is 5.60 Å². The Kier molecular flexibility index (Phi) is 8.11. The molecule has 6 heteroatoms. The Morgan fingerprint density at radius 2 is 1.68 bits per heavy atom. The molecule has 1 saturated heterocycles. The fourth-order valence-corrected chi connectivity index (χ4v) is 4.82. The quantitative estimate of drug-likeness (QED) is 0.461. The van der Waals surface area contributed by atoms with Crippen molar-refractivity contribution in [2.75, 3.05) is 46.6 Å². The van der Waals surface area contributed by atoms with Crippen molar-refractivity contribution in [1.29, 1.82) is 0 Å². The first-order valence-electron chi connectivity index (χ1n) is 11.7. The molecule has 180 valence electrons. The fraction of sp³-hybridized carbons (Fsp3) is 0.357. The van der Waals surface area contributed by atoms with E-state index in [4.69, 9.17) is 25.8 Å². The number of hydrogen-bond donors (Lipinski definition) is 1. The Morgan fingerprint density at radius 1 is 1.00 bits per heavy atom. The van der Waals surface area contributed by atoms with Gasteiger partial charge in [0, 0.05) is 36.1 Å². The third kappa shape index (κ3) is 5.23. The number of morpholine rings is 1. The predicted octanol–water partition coefficient (Wildman–Crippen LogP) is 5.10. The van der Waals surface area contributed by atoms with Gasteiger partial charge in [-0.25, -0.2) is 0 Å². The molecule has 0 bridgehead atoms. The lowest BCUT2D eigenvalue weighted by Gasteiger charge is -2.41. The van der Waals surface area contributed by atoms with E-state index in [2.05, 4.69) is 4.90 Å². The highest BCUT2D eigenvalue weighted by molar-refractivity contribution is 6.30. The van der Waals surface area contributed by atoms with Crippen LogP contribution in [0.25, 0.3) is 0 Å². The zero-order valence-electron chi connectivity index (χ0n) is 19.7. The number of ether oxygens (including phenoxy) is 3. The number of hydrogen-bond acceptors (Lipinski definition) is 5. The zero-order valence-corrected chi connectivity index (χ0v) is 20.5. The Hall–Kier alpha value is -2.57. The van der Waals surface area contributed by atoms with E-state index in [1.807, 2.05) is 79.7 Å². The van der Waals surface area contributed by atoms with Crippen LogP contribution in [0, 0.1) is 0 Å². The molecule has 1 fully saturated rings. The highest BCUT2D eigenvalue weighted by Gasteiger charge is 2.44. The number of methoxy groups -OCH3 is 1. The lowest BCUT2D eigenvalue weighted by molar-refractivity contribution is -0.000152. The molecule has 0 spiro atoms. The van der Waals surface area contributed by atoms with Crippen molar-refractivity contribution in [2.24, 2.45) is 0 Å². The molecular weight excluding hydrogens is 450 g/mol. The summed E-state index contributed by atoms with van der Waals surface area (Å²) in [6.45, 7) is 6.18. The van der Waals surface area contributed by atoms with Gasteiger partial charge in [-0.2, -0.15) is 0 Å². The van der Waals surface area contributed by atoms with Gasteiger partial charge in [0.05, 0.1) is 26.9 Å². The van der Waals surface area contributed by atoms with Crippen LogP contribution in [0.1, 0.15) is 29.5 Å². The van der Waals surface area contributed by atoms with Crippen LogP contribution in [0.5, 0.6) is 11.5 Å². The van der Waals surface area contributed by atoms with E-state index in [9.17, 15) is 5.11 Å². The second-order valence-corrected chi connectivity index (χ2v) is 8.88. The largest absolute Gasteiger partial charge is 0.496 e. The molecule has 0 unspecified atom stereocenters. The minimum absolute atomic E-state index is 0.294. The summed E-state index contributed by atoms with van der Waals surface area (Å²) in [5, 5.41) is 13.5. The van der Waals surface area contributed by atoms with Crippen molar-refractivity contribution >= 4 is 11.6 Å². The van der Waals surface area contributed by atoms with Gasteiger partial charge in [0.1, 0.15) is 17.1 Å². The summed E-state index contributed by atoms with van der Waals surface area (Å²) in [5.74, 6) is 1.11. The summed E-state index contributed by atoms with van der Waals surface area (Å²) in [5.41, 5.74) is 1.12. The summed E-state index contributed by atoms with van der Waals surface area (Å²) in [6, 6.07) is 23.2. The van der Waals surface area contributed by atoms with E-state index in [1.165, 1.54) is 0 Å². The standard InChI is InChI=1S/C28H32ClNO4/c1-3-34-24-14-10-22(11-15-24)28(31,25-6-4-5-7-27(25)32-2)26(20-30-16-18-33-19-17-30)21-8-12-23(29)13-9-21/h4-15,26,31H,3,16-20H2,1-2H3/t26-,28+/m1/s1. The molecule has 34 heavy (non-hydrogen) atoms. The first kappa shape index (κ1) is 24.6. The maximum atomic E-state index is 12.8. The monoisotopic (exact) mass is 481 g/mol. The van der Waals surface area contributed by atoms with Crippen LogP contribution in [0.15, 0.2) is 72.8 Å². The molecule has 0 aliphatic carbocycles. The van der Waals surface area contributed by atoms with E-state index >= 15 is 0 Å². The van der Waals surface area contributed by atoms with Gasteiger partial charge in [0.15, 0.2) is 0 Å². The molecule has 4 rings (SSSR count). The van der Waals surface area contributed by atoms with E-state index in [0.29, 0.717) is 37.1 Å². The van der Waals surface area contributed by atoms with Gasteiger partial charge in [-0.1, -0.05) is 54.1 Å². The minimum atomic E-state index is -1.37. The number of benzene rings is 3. The Balaban J connectivity index is 1.88. The molecule has 1 aliphatic rings. The average molecular weight is 482 g/mol. The minimum Gasteiger partial charge on any atom is -0.496 e. The molecule has 1 heterocycles. The van der Waals surface area contributed by atoms with Crippen LogP contribution in [0.2, 0.25) is 5.02 Å². The highest BCUT2D eigenvalue weighted by atomic mass is 35.5. The molecule has 2 atom stereocenters. The van der Waals surface area contributed by atoms with Crippen LogP contribution in [0.3, 0.4) is 0 Å². The van der Waals surface area contributed by atoms with Crippen molar-refractivity contribution < 1.29 is 19.3 Å². The first-order valence-corrected chi connectivity index (χ1v) is 12.1. The molecular formula is C28H32ClNO4. The molecule has 5 nitrogen and oxygen atoms in total. The molecule has 0 saturated carbocycles. The number of halogens is 1. The van der Waals surface area contributed by atoms with Crippen LogP contribution >= 0.6 is 11.6 Å². The first-order chi connectivity index (χ1) is 16.6. The van der Waals surface area contributed by atoms with Gasteiger partial charge in [0.2, 0.25) is 0 Å². The van der Waals surface area contributed by atoms with Gasteiger partial charge in [0.25, 0.3) is 0 Å². The molecule has 0 radical (unpaired) electrons. The van der Waals surface area contributed by atoms with Crippen LogP contribution in [-0.2, 0) is 10.3 Å². The Morgan fingerprint density at radius 3 is 2.32 bits per heavy atom. The van der Waals surface area contributed by atoms with Gasteiger partial charge in [-0.15, -0.1) is 0 Å². The molecule has 0 amide bonds. The average Bonchev–Trinajstić information content (AvgIpc) is 2.89. The third-order valence-corrected chi connectivity index (χ3v) is 6.70. The number of aliphatic hydroxyl groups is 1. The predicted molar refractivity (Wildman–Crippen MR) is 135 cm³/mol. The fourth-order valence-electron chi connectivity index (χ4n) is 4.69. The van der Waals surface area contributed by atoms with Crippen LogP contribution in [-0.4, -0.2) is 56.6 Å². The summed E-state index contributed by atoms with van der Waals surface area (Å²) in [7, 11) is 1.64. The molecule has 3 aromatic rings. The van der Waals surface area contributed by atoms with E-state index in [-0.39, 0.29) is 5.92 Å². The summed E-state index contributed by atoms with van der Waals surface area (Å²) < 4.78 is 17.0. The summed E-state index contributed by atoms with van der Waals surface area (Å²) >= 11 is 6.23. The van der Waals surface area contributed by atoms with Crippen molar-refractivity contribution in [3.63, 3.8) is 0 Å².